The van der Waals surface area contributed by atoms with Crippen LogP contribution in [0.4, 0.5) is 5.82 Å². The van der Waals surface area contributed by atoms with Crippen molar-refractivity contribution in [1.29, 1.82) is 0 Å². The predicted molar refractivity (Wildman–Crippen MR) is 139 cm³/mol. The van der Waals surface area contributed by atoms with Crippen LogP contribution < -0.4 is 10.2 Å². The second kappa shape index (κ2) is 10.8. The summed E-state index contributed by atoms with van der Waals surface area (Å²) in [7, 11) is 0. The number of carbonyl (C=O) groups is 1. The lowest BCUT2D eigenvalue weighted by atomic mass is 9.95. The Morgan fingerprint density at radius 3 is 2.49 bits per heavy atom. The first-order valence-corrected chi connectivity index (χ1v) is 13.0. The molecule has 1 aliphatic carbocycles. The number of amides is 1. The average molecular weight is 507 g/mol. The van der Waals surface area contributed by atoms with Gasteiger partial charge in [-0.3, -0.25) is 9.36 Å². The maximum Gasteiger partial charge on any atom is 0.289 e. The summed E-state index contributed by atoms with van der Waals surface area (Å²) in [5, 5.41) is 32.8. The number of pyridine rings is 1. The number of aromatic hydroxyl groups is 2. The van der Waals surface area contributed by atoms with Gasteiger partial charge in [0.25, 0.3) is 5.91 Å². The molecule has 3 N–H and O–H groups in total. The van der Waals surface area contributed by atoms with E-state index in [1.807, 2.05) is 26.0 Å². The molecular formula is C27H34N6O4. The molecule has 2 fully saturated rings. The van der Waals surface area contributed by atoms with Gasteiger partial charge in [-0.2, -0.15) is 0 Å². The highest BCUT2D eigenvalue weighted by Gasteiger charge is 2.27. The number of morpholine rings is 1. The summed E-state index contributed by atoms with van der Waals surface area (Å²) in [6.45, 7) is 6.75. The second-order valence-corrected chi connectivity index (χ2v) is 10.0. The van der Waals surface area contributed by atoms with Crippen molar-refractivity contribution in [2.24, 2.45) is 0 Å². The van der Waals surface area contributed by atoms with Crippen molar-refractivity contribution in [1.82, 2.24) is 25.1 Å². The number of anilines is 1. The summed E-state index contributed by atoms with van der Waals surface area (Å²) in [4.78, 5) is 20.2. The summed E-state index contributed by atoms with van der Waals surface area (Å²) < 4.78 is 7.07. The molecule has 1 amide bonds. The molecule has 0 bridgehead atoms. The van der Waals surface area contributed by atoms with Crippen LogP contribution in [0.25, 0.3) is 17.1 Å². The molecule has 0 spiro atoms. The van der Waals surface area contributed by atoms with Crippen molar-refractivity contribution in [3.8, 4) is 28.6 Å². The standard InChI is InChI=1S/C27H34N6O4/c1-17(2)20-14-21(23(35)15-22(20)34)25-30-31-26(27(36)29-18-6-4-3-5-7-18)33(25)19-8-9-24(28-16-19)32-10-12-37-13-11-32/h8-9,14-18,34-35H,3-7,10-13H2,1-2H3,(H,29,36). The molecule has 1 aromatic carbocycles. The van der Waals surface area contributed by atoms with E-state index < -0.39 is 0 Å². The fourth-order valence-electron chi connectivity index (χ4n) is 5.07. The molecule has 5 rings (SSSR count). The van der Waals surface area contributed by atoms with Crippen LogP contribution in [0, 0.1) is 0 Å². The third-order valence-electron chi connectivity index (χ3n) is 7.14. The fourth-order valence-corrected chi connectivity index (χ4v) is 5.07. The predicted octanol–water partition coefficient (Wildman–Crippen LogP) is 3.76. The first-order chi connectivity index (χ1) is 17.9. The van der Waals surface area contributed by atoms with Crippen LogP contribution in [0.2, 0.25) is 0 Å². The van der Waals surface area contributed by atoms with Crippen molar-refractivity contribution in [3.05, 3.63) is 41.9 Å². The molecular weight excluding hydrogens is 472 g/mol. The number of nitrogens with zero attached hydrogens (tertiary/aromatic N) is 5. The van der Waals surface area contributed by atoms with E-state index in [2.05, 4.69) is 25.4 Å². The summed E-state index contributed by atoms with van der Waals surface area (Å²) in [6.07, 6.45) is 6.95. The maximum absolute atomic E-state index is 13.4. The van der Waals surface area contributed by atoms with Crippen molar-refractivity contribution in [2.75, 3.05) is 31.2 Å². The molecule has 0 atom stereocenters. The van der Waals surface area contributed by atoms with E-state index in [1.54, 1.807) is 16.8 Å². The van der Waals surface area contributed by atoms with E-state index in [0.29, 0.717) is 35.9 Å². The number of benzene rings is 1. The Morgan fingerprint density at radius 2 is 1.81 bits per heavy atom. The SMILES string of the molecule is CC(C)c1cc(-c2nnc(C(=O)NC3CCCCC3)n2-c2ccc(N3CCOCC3)nc2)c(O)cc1O. The molecule has 0 radical (unpaired) electrons. The van der Waals surface area contributed by atoms with Gasteiger partial charge in [0.05, 0.1) is 30.7 Å². The molecule has 0 unspecified atom stereocenters. The van der Waals surface area contributed by atoms with Gasteiger partial charge in [0.2, 0.25) is 5.82 Å². The van der Waals surface area contributed by atoms with Crippen LogP contribution >= 0.6 is 0 Å². The molecule has 10 heteroatoms. The van der Waals surface area contributed by atoms with Crippen LogP contribution in [0.1, 0.15) is 68.1 Å². The highest BCUT2D eigenvalue weighted by molar-refractivity contribution is 5.92. The minimum absolute atomic E-state index is 0.00844. The third-order valence-corrected chi connectivity index (χ3v) is 7.14. The number of carbonyl (C=O) groups excluding carboxylic acids is 1. The molecule has 3 heterocycles. The zero-order chi connectivity index (χ0) is 25.9. The van der Waals surface area contributed by atoms with Gasteiger partial charge in [-0.1, -0.05) is 33.1 Å². The van der Waals surface area contributed by atoms with Gasteiger partial charge in [0.1, 0.15) is 17.3 Å². The minimum Gasteiger partial charge on any atom is -0.508 e. The lowest BCUT2D eigenvalue weighted by Crippen LogP contribution is -2.37. The van der Waals surface area contributed by atoms with Crippen molar-refractivity contribution in [2.45, 2.75) is 57.9 Å². The normalized spacial score (nSPS) is 16.8. The van der Waals surface area contributed by atoms with Gasteiger partial charge in [-0.05, 0) is 42.5 Å². The number of hydrogen-bond donors (Lipinski definition) is 3. The number of aromatic nitrogens is 4. The van der Waals surface area contributed by atoms with E-state index in [1.165, 1.54) is 12.5 Å². The summed E-state index contributed by atoms with van der Waals surface area (Å²) in [5.41, 5.74) is 1.64. The Kier molecular flexibility index (Phi) is 7.27. The van der Waals surface area contributed by atoms with Crippen LogP contribution in [-0.2, 0) is 4.74 Å². The number of hydrogen-bond acceptors (Lipinski definition) is 8. The van der Waals surface area contributed by atoms with E-state index in [4.69, 9.17) is 4.74 Å². The Morgan fingerprint density at radius 1 is 1.05 bits per heavy atom. The molecule has 2 aliphatic rings. The summed E-state index contributed by atoms with van der Waals surface area (Å²) >= 11 is 0. The van der Waals surface area contributed by atoms with Crippen LogP contribution in [-0.4, -0.2) is 68.2 Å². The average Bonchev–Trinajstić information content (AvgIpc) is 3.35. The first-order valence-electron chi connectivity index (χ1n) is 13.0. The van der Waals surface area contributed by atoms with Gasteiger partial charge in [0.15, 0.2) is 5.82 Å². The number of ether oxygens (including phenoxy) is 1. The van der Waals surface area contributed by atoms with Gasteiger partial charge in [-0.15, -0.1) is 10.2 Å². The number of phenols is 2. The quantitative estimate of drug-likeness (QED) is 0.461. The first kappa shape index (κ1) is 25.0. The van der Waals surface area contributed by atoms with Crippen LogP contribution in [0.15, 0.2) is 30.5 Å². The van der Waals surface area contributed by atoms with E-state index in [-0.39, 0.29) is 35.2 Å². The number of phenolic OH excluding ortho intramolecular Hbond substituents is 2. The van der Waals surface area contributed by atoms with E-state index >= 15 is 0 Å². The van der Waals surface area contributed by atoms with Gasteiger partial charge in [0, 0.05) is 25.2 Å². The monoisotopic (exact) mass is 506 g/mol. The Hall–Kier alpha value is -3.66. The Bertz CT molecular complexity index is 1240. The topological polar surface area (TPSA) is 126 Å². The van der Waals surface area contributed by atoms with Gasteiger partial charge in [-0.25, -0.2) is 4.98 Å². The van der Waals surface area contributed by atoms with Gasteiger partial charge < -0.3 is 25.2 Å². The zero-order valence-corrected chi connectivity index (χ0v) is 21.4. The summed E-state index contributed by atoms with van der Waals surface area (Å²) in [5.74, 6) is 0.810. The molecule has 1 saturated heterocycles. The molecule has 1 saturated carbocycles. The minimum atomic E-state index is -0.315. The highest BCUT2D eigenvalue weighted by atomic mass is 16.5. The van der Waals surface area contributed by atoms with Crippen LogP contribution in [0.5, 0.6) is 11.5 Å². The van der Waals surface area contributed by atoms with E-state index in [9.17, 15) is 15.0 Å². The largest absolute Gasteiger partial charge is 0.508 e. The summed E-state index contributed by atoms with van der Waals surface area (Å²) in [6, 6.07) is 6.90. The van der Waals surface area contributed by atoms with Crippen molar-refractivity contribution < 1.29 is 19.7 Å². The second-order valence-electron chi connectivity index (χ2n) is 10.0. The fraction of sp³-hybridized carbons (Fsp3) is 0.481. The van der Waals surface area contributed by atoms with Crippen LogP contribution in [0.3, 0.4) is 0 Å². The Labute approximate surface area is 216 Å². The number of nitrogens with one attached hydrogen (secondary N) is 1. The molecule has 10 nitrogen and oxygen atoms in total. The molecule has 196 valence electrons. The molecule has 1 aliphatic heterocycles. The molecule has 2 aromatic heterocycles. The number of rotatable bonds is 6. The van der Waals surface area contributed by atoms with Gasteiger partial charge >= 0.3 is 0 Å². The zero-order valence-electron chi connectivity index (χ0n) is 21.4. The lowest BCUT2D eigenvalue weighted by molar-refractivity contribution is 0.0915. The Balaban J connectivity index is 1.56. The van der Waals surface area contributed by atoms with Crippen molar-refractivity contribution >= 4 is 11.7 Å². The molecule has 3 aromatic rings. The van der Waals surface area contributed by atoms with E-state index in [0.717, 1.165) is 44.6 Å². The highest BCUT2D eigenvalue weighted by Crippen LogP contribution is 2.38. The maximum atomic E-state index is 13.4. The smallest absolute Gasteiger partial charge is 0.289 e. The van der Waals surface area contributed by atoms with Crippen molar-refractivity contribution in [3.63, 3.8) is 0 Å². The lowest BCUT2D eigenvalue weighted by Gasteiger charge is -2.27. The third kappa shape index (κ3) is 5.24. The molecule has 37 heavy (non-hydrogen) atoms.